The Hall–Kier alpha value is -2.28. The van der Waals surface area contributed by atoms with Crippen LogP contribution in [0, 0.1) is 6.92 Å². The van der Waals surface area contributed by atoms with Crippen LogP contribution in [0.1, 0.15) is 26.4 Å². The Morgan fingerprint density at radius 3 is 2.60 bits per heavy atom. The lowest BCUT2D eigenvalue weighted by Crippen LogP contribution is -2.17. The van der Waals surface area contributed by atoms with Crippen molar-refractivity contribution in [1.29, 1.82) is 0 Å². The van der Waals surface area contributed by atoms with Crippen LogP contribution in [-0.4, -0.2) is 27.0 Å². The normalized spacial score (nSPS) is 10.1. The average Bonchev–Trinajstić information content (AvgIpc) is 2.38. The molecule has 0 aliphatic rings. The second-order valence-electron chi connectivity index (χ2n) is 3.99. The molecule has 0 aliphatic heterocycles. The molecule has 0 unspecified atom stereocenters. The summed E-state index contributed by atoms with van der Waals surface area (Å²) in [7, 11) is 0. The first kappa shape index (κ1) is 14.1. The molecule has 0 radical (unpaired) electrons. The molecule has 1 amide bonds. The number of halogens is 1. The van der Waals surface area contributed by atoms with Crippen molar-refractivity contribution in [2.75, 3.05) is 5.32 Å². The SMILES string of the molecule is Cc1cc(NC(=O)c2cc(Br)ccc2C(=O)O)ncn1. The highest BCUT2D eigenvalue weighted by Crippen LogP contribution is 2.18. The highest BCUT2D eigenvalue weighted by molar-refractivity contribution is 9.10. The monoisotopic (exact) mass is 335 g/mol. The van der Waals surface area contributed by atoms with Crippen molar-refractivity contribution in [3.63, 3.8) is 0 Å². The van der Waals surface area contributed by atoms with Gasteiger partial charge in [-0.15, -0.1) is 0 Å². The number of nitrogens with one attached hydrogen (secondary N) is 1. The van der Waals surface area contributed by atoms with Crippen molar-refractivity contribution in [2.24, 2.45) is 0 Å². The third-order valence-corrected chi connectivity index (χ3v) is 3.00. The van der Waals surface area contributed by atoms with E-state index >= 15 is 0 Å². The fraction of sp³-hybridized carbons (Fsp3) is 0.0769. The molecule has 0 saturated heterocycles. The molecule has 2 N–H and O–H groups in total. The molecule has 0 saturated carbocycles. The van der Waals surface area contributed by atoms with Gasteiger partial charge in [-0.1, -0.05) is 15.9 Å². The molecule has 0 bridgehead atoms. The number of rotatable bonds is 3. The second kappa shape index (κ2) is 5.79. The number of hydrogen-bond acceptors (Lipinski definition) is 4. The summed E-state index contributed by atoms with van der Waals surface area (Å²) in [5.74, 6) is -1.39. The van der Waals surface area contributed by atoms with Crippen LogP contribution in [0.4, 0.5) is 5.82 Å². The number of carboxylic acids is 1. The van der Waals surface area contributed by atoms with Gasteiger partial charge in [-0.3, -0.25) is 4.79 Å². The molecular weight excluding hydrogens is 326 g/mol. The molecule has 1 aromatic heterocycles. The number of carbonyl (C=O) groups is 2. The molecule has 1 heterocycles. The van der Waals surface area contributed by atoms with Crippen molar-refractivity contribution in [3.8, 4) is 0 Å². The summed E-state index contributed by atoms with van der Waals surface area (Å²) in [5, 5.41) is 11.6. The van der Waals surface area contributed by atoms with Gasteiger partial charge < -0.3 is 10.4 Å². The van der Waals surface area contributed by atoms with E-state index < -0.39 is 11.9 Å². The highest BCUT2D eigenvalue weighted by atomic mass is 79.9. The van der Waals surface area contributed by atoms with Crippen LogP contribution in [0.2, 0.25) is 0 Å². The number of benzene rings is 1. The zero-order valence-corrected chi connectivity index (χ0v) is 12.0. The van der Waals surface area contributed by atoms with E-state index in [1.807, 2.05) is 0 Å². The average molecular weight is 336 g/mol. The molecular formula is C13H10BrN3O3. The number of hydrogen-bond donors (Lipinski definition) is 2. The topological polar surface area (TPSA) is 92.2 Å². The van der Waals surface area contributed by atoms with Crippen LogP contribution in [0.3, 0.4) is 0 Å². The van der Waals surface area contributed by atoms with Gasteiger partial charge in [-0.05, 0) is 25.1 Å². The van der Waals surface area contributed by atoms with Crippen LogP contribution < -0.4 is 5.32 Å². The minimum atomic E-state index is -1.17. The Balaban J connectivity index is 2.34. The smallest absolute Gasteiger partial charge is 0.336 e. The van der Waals surface area contributed by atoms with Crippen LogP contribution in [0.25, 0.3) is 0 Å². The molecule has 0 atom stereocenters. The first-order valence-corrected chi connectivity index (χ1v) is 6.39. The Morgan fingerprint density at radius 1 is 1.20 bits per heavy atom. The number of aryl methyl sites for hydroxylation is 1. The predicted octanol–water partition coefficient (Wildman–Crippen LogP) is 2.50. The van der Waals surface area contributed by atoms with Crippen molar-refractivity contribution in [2.45, 2.75) is 6.92 Å². The fourth-order valence-electron chi connectivity index (χ4n) is 1.60. The Labute approximate surface area is 123 Å². The van der Waals surface area contributed by atoms with Gasteiger partial charge in [0.05, 0.1) is 11.1 Å². The van der Waals surface area contributed by atoms with Gasteiger partial charge in [0.1, 0.15) is 12.1 Å². The van der Waals surface area contributed by atoms with Crippen LogP contribution in [-0.2, 0) is 0 Å². The van der Waals surface area contributed by atoms with E-state index in [-0.39, 0.29) is 11.1 Å². The van der Waals surface area contributed by atoms with Gasteiger partial charge in [0.25, 0.3) is 5.91 Å². The third-order valence-electron chi connectivity index (χ3n) is 2.50. The maximum absolute atomic E-state index is 12.1. The molecule has 2 aromatic rings. The lowest BCUT2D eigenvalue weighted by Gasteiger charge is -2.08. The van der Waals surface area contributed by atoms with Crippen molar-refractivity contribution >= 4 is 33.6 Å². The standard InChI is InChI=1S/C13H10BrN3O3/c1-7-4-11(16-6-15-7)17-12(18)10-5-8(14)2-3-9(10)13(19)20/h2-6H,1H3,(H,19,20)(H,15,16,17,18). The van der Waals surface area contributed by atoms with Crippen molar-refractivity contribution < 1.29 is 14.7 Å². The van der Waals surface area contributed by atoms with Gasteiger partial charge >= 0.3 is 5.97 Å². The maximum atomic E-state index is 12.1. The van der Waals surface area contributed by atoms with Crippen LogP contribution in [0.15, 0.2) is 35.1 Å². The third kappa shape index (κ3) is 3.18. The van der Waals surface area contributed by atoms with Crippen molar-refractivity contribution in [1.82, 2.24) is 9.97 Å². The van der Waals surface area contributed by atoms with Gasteiger partial charge in [0, 0.05) is 16.2 Å². The molecule has 102 valence electrons. The molecule has 0 spiro atoms. The first-order valence-electron chi connectivity index (χ1n) is 5.60. The van der Waals surface area contributed by atoms with Crippen LogP contribution in [0.5, 0.6) is 0 Å². The number of carbonyl (C=O) groups excluding carboxylic acids is 1. The molecule has 0 aliphatic carbocycles. The number of nitrogens with zero attached hydrogens (tertiary/aromatic N) is 2. The van der Waals surface area contributed by atoms with E-state index in [2.05, 4.69) is 31.2 Å². The molecule has 1 aromatic carbocycles. The highest BCUT2D eigenvalue weighted by Gasteiger charge is 2.17. The maximum Gasteiger partial charge on any atom is 0.336 e. The Bertz CT molecular complexity index is 688. The lowest BCUT2D eigenvalue weighted by molar-refractivity contribution is 0.0692. The molecule has 7 heteroatoms. The summed E-state index contributed by atoms with van der Waals surface area (Å²) >= 11 is 3.21. The zero-order valence-electron chi connectivity index (χ0n) is 10.4. The van der Waals surface area contributed by atoms with Gasteiger partial charge in [0.2, 0.25) is 0 Å². The summed E-state index contributed by atoms with van der Waals surface area (Å²) < 4.78 is 0.617. The summed E-state index contributed by atoms with van der Waals surface area (Å²) in [6.45, 7) is 1.76. The largest absolute Gasteiger partial charge is 0.478 e. The number of amides is 1. The van der Waals surface area contributed by atoms with E-state index in [1.54, 1.807) is 19.1 Å². The molecule has 2 rings (SSSR count). The van der Waals surface area contributed by atoms with Gasteiger partial charge in [-0.25, -0.2) is 14.8 Å². The Morgan fingerprint density at radius 2 is 1.95 bits per heavy atom. The molecule has 6 nitrogen and oxygen atoms in total. The van der Waals surface area contributed by atoms with Gasteiger partial charge in [0.15, 0.2) is 0 Å². The van der Waals surface area contributed by atoms with E-state index in [0.717, 1.165) is 0 Å². The predicted molar refractivity (Wildman–Crippen MR) is 75.8 cm³/mol. The van der Waals surface area contributed by atoms with Crippen molar-refractivity contribution in [3.05, 3.63) is 51.9 Å². The van der Waals surface area contributed by atoms with E-state index in [4.69, 9.17) is 5.11 Å². The van der Waals surface area contributed by atoms with E-state index in [0.29, 0.717) is 16.0 Å². The number of anilines is 1. The first-order chi connectivity index (χ1) is 9.47. The summed E-state index contributed by atoms with van der Waals surface area (Å²) in [4.78, 5) is 31.1. The summed E-state index contributed by atoms with van der Waals surface area (Å²) in [6.07, 6.45) is 1.32. The van der Waals surface area contributed by atoms with E-state index in [1.165, 1.54) is 18.5 Å². The van der Waals surface area contributed by atoms with E-state index in [9.17, 15) is 9.59 Å². The summed E-state index contributed by atoms with van der Waals surface area (Å²) in [6, 6.07) is 5.98. The lowest BCUT2D eigenvalue weighted by atomic mass is 10.1. The Kier molecular flexibility index (Phi) is 4.09. The quantitative estimate of drug-likeness (QED) is 0.898. The minimum Gasteiger partial charge on any atom is -0.478 e. The van der Waals surface area contributed by atoms with Gasteiger partial charge in [-0.2, -0.15) is 0 Å². The minimum absolute atomic E-state index is 0.0585. The second-order valence-corrected chi connectivity index (χ2v) is 4.91. The van der Waals surface area contributed by atoms with Crippen LogP contribution >= 0.6 is 15.9 Å². The number of aromatic carboxylic acids is 1. The zero-order chi connectivity index (χ0) is 14.7. The molecule has 20 heavy (non-hydrogen) atoms. The summed E-state index contributed by atoms with van der Waals surface area (Å²) in [5.41, 5.74) is 0.683. The number of carboxylic acid groups (broad SMARTS) is 1. The molecule has 0 fully saturated rings. The number of aromatic nitrogens is 2. The fourth-order valence-corrected chi connectivity index (χ4v) is 1.96.